The molecule has 0 heterocycles. The maximum Gasteiger partial charge on any atom is 0.306 e. The fraction of sp³-hybridized carbons (Fsp3) is 0.930. The van der Waals surface area contributed by atoms with Gasteiger partial charge >= 0.3 is 11.9 Å². The molecule has 2 amide bonds. The first-order valence-corrected chi connectivity index (χ1v) is 28.9. The third-order valence-electron chi connectivity index (χ3n) is 13.5. The first-order valence-electron chi connectivity index (χ1n) is 28.9. The molecule has 0 aromatic carbocycles. The van der Waals surface area contributed by atoms with Crippen molar-refractivity contribution in [3.8, 4) is 0 Å². The van der Waals surface area contributed by atoms with Crippen molar-refractivity contribution in [1.82, 2.24) is 14.7 Å². The van der Waals surface area contributed by atoms with Crippen LogP contribution in [-0.4, -0.2) is 97.0 Å². The van der Waals surface area contributed by atoms with Crippen LogP contribution in [0.15, 0.2) is 0 Å². The molecule has 0 atom stereocenters. The van der Waals surface area contributed by atoms with Gasteiger partial charge in [0.15, 0.2) is 0 Å². The second kappa shape index (κ2) is 49.3. The summed E-state index contributed by atoms with van der Waals surface area (Å²) in [7, 11) is 0. The number of nitrogens with zero attached hydrogens (tertiary/aromatic N) is 3. The molecule has 0 spiro atoms. The van der Waals surface area contributed by atoms with Gasteiger partial charge in [0.05, 0.1) is 6.61 Å². The summed E-state index contributed by atoms with van der Waals surface area (Å²) in [5.74, 6) is 0.342. The summed E-state index contributed by atoms with van der Waals surface area (Å²) in [5.41, 5.74) is 0. The highest BCUT2D eigenvalue weighted by Gasteiger charge is 2.17. The van der Waals surface area contributed by atoms with Crippen LogP contribution in [0, 0.1) is 0 Å². The Morgan fingerprint density at radius 2 is 0.712 bits per heavy atom. The number of carbonyl (C=O) groups excluding carboxylic acids is 4. The standard InChI is InChI=1S/C57H111N3O6/c1-7-13-16-19-22-31-40-52-65-56(63)45-34-27-23-29-37-47-58(49-39-36-44-55(62)60(12-6)51-50-59(11-5)54(61)41-10-4)48-38-30-24-28-35-46-57(64)66-53(42-32-25-20-17-14-8-2)43-33-26-21-18-15-9-3/h53H,7-52H2,1-6H3. The molecule has 0 aromatic rings. The number of carbonyl (C=O) groups is 4. The summed E-state index contributed by atoms with van der Waals surface area (Å²) >= 11 is 0. The first-order chi connectivity index (χ1) is 32.3. The topological polar surface area (TPSA) is 96.5 Å². The van der Waals surface area contributed by atoms with E-state index < -0.39 is 0 Å². The number of likely N-dealkylation sites (N-methyl/N-ethyl adjacent to an activating group) is 2. The van der Waals surface area contributed by atoms with Gasteiger partial charge in [0.1, 0.15) is 6.10 Å². The zero-order valence-electron chi connectivity index (χ0n) is 44.9. The normalized spacial score (nSPS) is 11.5. The van der Waals surface area contributed by atoms with E-state index in [1.165, 1.54) is 116 Å². The third kappa shape index (κ3) is 40.9. The molecule has 0 radical (unpaired) electrons. The van der Waals surface area contributed by atoms with Crippen molar-refractivity contribution in [3.05, 3.63) is 0 Å². The molecule has 0 aromatic heterocycles. The Hall–Kier alpha value is -2.16. The maximum atomic E-state index is 13.2. The van der Waals surface area contributed by atoms with Gasteiger partial charge in [-0.05, 0) is 111 Å². The molecular formula is C57H111N3O6. The molecule has 0 aliphatic rings. The molecule has 0 N–H and O–H groups in total. The zero-order chi connectivity index (χ0) is 48.6. The molecule has 0 unspecified atom stereocenters. The van der Waals surface area contributed by atoms with Crippen LogP contribution in [0.3, 0.4) is 0 Å². The number of hydrogen-bond donors (Lipinski definition) is 0. The minimum absolute atomic E-state index is 0.00687. The molecule has 9 nitrogen and oxygen atoms in total. The molecule has 0 rings (SSSR count). The van der Waals surface area contributed by atoms with Gasteiger partial charge in [0, 0.05) is 51.9 Å². The largest absolute Gasteiger partial charge is 0.466 e. The molecule has 66 heavy (non-hydrogen) atoms. The van der Waals surface area contributed by atoms with Gasteiger partial charge in [-0.2, -0.15) is 0 Å². The lowest BCUT2D eigenvalue weighted by Crippen LogP contribution is -2.41. The number of unbranched alkanes of at least 4 members (excludes halogenated alkanes) is 25. The van der Waals surface area contributed by atoms with Crippen molar-refractivity contribution in [1.29, 1.82) is 0 Å². The van der Waals surface area contributed by atoms with E-state index in [9.17, 15) is 19.2 Å². The molecule has 0 aliphatic heterocycles. The summed E-state index contributed by atoms with van der Waals surface area (Å²) < 4.78 is 11.6. The summed E-state index contributed by atoms with van der Waals surface area (Å²) in [6.07, 6.45) is 41.8. The Balaban J connectivity index is 4.80. The highest BCUT2D eigenvalue weighted by molar-refractivity contribution is 5.77. The van der Waals surface area contributed by atoms with Crippen LogP contribution in [0.25, 0.3) is 0 Å². The highest BCUT2D eigenvalue weighted by Crippen LogP contribution is 2.19. The van der Waals surface area contributed by atoms with E-state index >= 15 is 0 Å². The summed E-state index contributed by atoms with van der Waals surface area (Å²) in [4.78, 5) is 57.2. The minimum Gasteiger partial charge on any atom is -0.466 e. The van der Waals surface area contributed by atoms with Crippen LogP contribution in [0.5, 0.6) is 0 Å². The Morgan fingerprint density at radius 3 is 1.17 bits per heavy atom. The number of amides is 2. The molecule has 0 aliphatic carbocycles. The van der Waals surface area contributed by atoms with Crippen LogP contribution in [0.1, 0.15) is 286 Å². The van der Waals surface area contributed by atoms with Crippen LogP contribution in [-0.2, 0) is 28.7 Å². The van der Waals surface area contributed by atoms with Gasteiger partial charge in [-0.1, -0.05) is 169 Å². The van der Waals surface area contributed by atoms with E-state index in [1.54, 1.807) is 0 Å². The molecule has 0 saturated heterocycles. The van der Waals surface area contributed by atoms with Gasteiger partial charge in [-0.25, -0.2) is 0 Å². The van der Waals surface area contributed by atoms with E-state index in [2.05, 4.69) is 25.7 Å². The smallest absolute Gasteiger partial charge is 0.306 e. The number of esters is 2. The van der Waals surface area contributed by atoms with Gasteiger partial charge in [-0.3, -0.25) is 19.2 Å². The van der Waals surface area contributed by atoms with Crippen LogP contribution in [0.2, 0.25) is 0 Å². The van der Waals surface area contributed by atoms with Crippen molar-refractivity contribution in [2.45, 2.75) is 292 Å². The molecule has 0 saturated carbocycles. The third-order valence-corrected chi connectivity index (χ3v) is 13.5. The van der Waals surface area contributed by atoms with Crippen molar-refractivity contribution in [3.63, 3.8) is 0 Å². The van der Waals surface area contributed by atoms with Crippen molar-refractivity contribution < 1.29 is 28.7 Å². The van der Waals surface area contributed by atoms with Gasteiger partial charge < -0.3 is 24.2 Å². The molecule has 0 bridgehead atoms. The number of rotatable bonds is 51. The van der Waals surface area contributed by atoms with Crippen molar-refractivity contribution in [2.24, 2.45) is 0 Å². The van der Waals surface area contributed by atoms with E-state index in [0.717, 1.165) is 122 Å². The monoisotopic (exact) mass is 934 g/mol. The second-order valence-corrected chi connectivity index (χ2v) is 19.6. The highest BCUT2D eigenvalue weighted by atomic mass is 16.5. The van der Waals surface area contributed by atoms with Gasteiger partial charge in [0.25, 0.3) is 0 Å². The first kappa shape index (κ1) is 63.8. The molecular weight excluding hydrogens is 823 g/mol. The lowest BCUT2D eigenvalue weighted by molar-refractivity contribution is -0.150. The number of ether oxygens (including phenoxy) is 2. The van der Waals surface area contributed by atoms with Crippen LogP contribution < -0.4 is 0 Å². The fourth-order valence-electron chi connectivity index (χ4n) is 9.04. The SMILES string of the molecule is CCCCCCCCCOC(=O)CCCCCCCN(CCCCCCCC(=O)OC(CCCCCCCC)CCCCCCCC)CCCCC(=O)N(CC)CCN(CC)C(=O)CCC. The van der Waals surface area contributed by atoms with E-state index in [4.69, 9.17) is 9.47 Å². The lowest BCUT2D eigenvalue weighted by atomic mass is 10.0. The predicted molar refractivity (Wildman–Crippen MR) is 280 cm³/mol. The van der Waals surface area contributed by atoms with Crippen LogP contribution >= 0.6 is 0 Å². The quantitative estimate of drug-likeness (QED) is 0.0443. The molecule has 0 fully saturated rings. The minimum atomic E-state index is -0.0381. The van der Waals surface area contributed by atoms with Crippen molar-refractivity contribution >= 4 is 23.8 Å². The second-order valence-electron chi connectivity index (χ2n) is 19.6. The predicted octanol–water partition coefficient (Wildman–Crippen LogP) is 15.3. The molecule has 390 valence electrons. The maximum absolute atomic E-state index is 13.2. The molecule has 9 heteroatoms. The summed E-state index contributed by atoms with van der Waals surface area (Å²) in [5, 5.41) is 0. The van der Waals surface area contributed by atoms with Gasteiger partial charge in [-0.15, -0.1) is 0 Å². The van der Waals surface area contributed by atoms with E-state index in [-0.39, 0.29) is 29.9 Å². The van der Waals surface area contributed by atoms with E-state index in [0.29, 0.717) is 58.5 Å². The van der Waals surface area contributed by atoms with Gasteiger partial charge in [0.2, 0.25) is 11.8 Å². The Bertz CT molecular complexity index is 1090. The van der Waals surface area contributed by atoms with Crippen molar-refractivity contribution in [2.75, 3.05) is 52.4 Å². The summed E-state index contributed by atoms with van der Waals surface area (Å²) in [6.45, 7) is 19.1. The van der Waals surface area contributed by atoms with E-state index in [1.807, 2.05) is 30.6 Å². The lowest BCUT2D eigenvalue weighted by Gasteiger charge is -2.27. The fourth-order valence-corrected chi connectivity index (χ4v) is 9.04. The number of hydrogen-bond acceptors (Lipinski definition) is 7. The zero-order valence-corrected chi connectivity index (χ0v) is 44.9. The Morgan fingerprint density at radius 1 is 0.348 bits per heavy atom. The summed E-state index contributed by atoms with van der Waals surface area (Å²) in [6, 6.07) is 0. The average Bonchev–Trinajstić information content (AvgIpc) is 3.31. The average molecular weight is 935 g/mol. The Labute approximate surface area is 409 Å². The van der Waals surface area contributed by atoms with Crippen LogP contribution in [0.4, 0.5) is 0 Å². The Kier molecular flexibility index (Phi) is 47.7.